The lowest BCUT2D eigenvalue weighted by Gasteiger charge is -2.15. The van der Waals surface area contributed by atoms with Gasteiger partial charge in [-0.1, -0.05) is 6.07 Å². The highest BCUT2D eigenvalue weighted by Crippen LogP contribution is 2.20. The predicted octanol–water partition coefficient (Wildman–Crippen LogP) is 3.34. The first kappa shape index (κ1) is 17.5. The van der Waals surface area contributed by atoms with Crippen LogP contribution < -0.4 is 4.72 Å². The number of nitrogens with zero attached hydrogens (tertiary/aromatic N) is 1. The van der Waals surface area contributed by atoms with Crippen LogP contribution in [-0.4, -0.2) is 32.3 Å². The van der Waals surface area contributed by atoms with Gasteiger partial charge in [0.15, 0.2) is 0 Å². The quantitative estimate of drug-likeness (QED) is 0.911. The Bertz CT molecular complexity index is 883. The standard InChI is InChI=1S/C19H22N2O3S/c1-14-5-10-18(13-15(14)2)25(23,24)20-17-8-6-16(7-9-17)19(22)21-11-3-4-12-21/h5-10,13,20H,3-4,11-12H2,1-2H3. The molecule has 2 aromatic carbocycles. The van der Waals surface area contributed by atoms with E-state index in [1.54, 1.807) is 42.5 Å². The highest BCUT2D eigenvalue weighted by molar-refractivity contribution is 7.92. The molecule has 1 heterocycles. The Labute approximate surface area is 148 Å². The van der Waals surface area contributed by atoms with Crippen LogP contribution in [0, 0.1) is 13.8 Å². The van der Waals surface area contributed by atoms with Crippen molar-refractivity contribution in [3.8, 4) is 0 Å². The molecule has 0 bridgehead atoms. The molecule has 0 atom stereocenters. The Morgan fingerprint density at radius 2 is 1.60 bits per heavy atom. The lowest BCUT2D eigenvalue weighted by molar-refractivity contribution is 0.0793. The first-order valence-corrected chi connectivity index (χ1v) is 9.84. The molecule has 25 heavy (non-hydrogen) atoms. The molecule has 2 aromatic rings. The Morgan fingerprint density at radius 1 is 0.960 bits per heavy atom. The molecule has 0 unspecified atom stereocenters. The van der Waals surface area contributed by atoms with Crippen molar-refractivity contribution in [1.29, 1.82) is 0 Å². The summed E-state index contributed by atoms with van der Waals surface area (Å²) in [6, 6.07) is 11.6. The minimum atomic E-state index is -3.65. The monoisotopic (exact) mass is 358 g/mol. The normalized spacial score (nSPS) is 14.6. The van der Waals surface area contributed by atoms with E-state index in [9.17, 15) is 13.2 Å². The Hall–Kier alpha value is -2.34. The molecule has 1 saturated heterocycles. The second kappa shape index (κ2) is 6.88. The highest BCUT2D eigenvalue weighted by atomic mass is 32.2. The van der Waals surface area contributed by atoms with Gasteiger partial charge in [0.2, 0.25) is 0 Å². The number of rotatable bonds is 4. The SMILES string of the molecule is Cc1ccc(S(=O)(=O)Nc2ccc(C(=O)N3CCCC3)cc2)cc1C. The van der Waals surface area contributed by atoms with Gasteiger partial charge >= 0.3 is 0 Å². The summed E-state index contributed by atoms with van der Waals surface area (Å²) in [6.07, 6.45) is 2.08. The molecule has 1 aliphatic heterocycles. The third kappa shape index (κ3) is 3.85. The lowest BCUT2D eigenvalue weighted by Crippen LogP contribution is -2.27. The van der Waals surface area contributed by atoms with Gasteiger partial charge < -0.3 is 4.90 Å². The molecular formula is C19H22N2O3S. The summed E-state index contributed by atoms with van der Waals surface area (Å²) in [5, 5.41) is 0. The van der Waals surface area contributed by atoms with Gasteiger partial charge in [0, 0.05) is 24.3 Å². The molecule has 0 saturated carbocycles. The van der Waals surface area contributed by atoms with E-state index in [0.717, 1.165) is 37.1 Å². The maximum absolute atomic E-state index is 12.5. The fourth-order valence-electron chi connectivity index (χ4n) is 2.88. The fourth-order valence-corrected chi connectivity index (χ4v) is 4.02. The van der Waals surface area contributed by atoms with Gasteiger partial charge in [0.25, 0.3) is 15.9 Å². The van der Waals surface area contributed by atoms with Crippen LogP contribution in [-0.2, 0) is 10.0 Å². The van der Waals surface area contributed by atoms with E-state index in [1.807, 2.05) is 18.7 Å². The first-order chi connectivity index (χ1) is 11.9. The molecule has 132 valence electrons. The molecule has 0 aliphatic carbocycles. The summed E-state index contributed by atoms with van der Waals surface area (Å²) >= 11 is 0. The van der Waals surface area contributed by atoms with Crippen molar-refractivity contribution >= 4 is 21.6 Å². The second-order valence-electron chi connectivity index (χ2n) is 6.43. The Morgan fingerprint density at radius 3 is 2.20 bits per heavy atom. The molecular weight excluding hydrogens is 336 g/mol. The van der Waals surface area contributed by atoms with E-state index >= 15 is 0 Å². The van der Waals surface area contributed by atoms with E-state index in [2.05, 4.69) is 4.72 Å². The van der Waals surface area contributed by atoms with Gasteiger partial charge in [0.1, 0.15) is 0 Å². The number of anilines is 1. The molecule has 0 radical (unpaired) electrons. The number of benzene rings is 2. The van der Waals surface area contributed by atoms with Gasteiger partial charge in [-0.2, -0.15) is 0 Å². The number of sulfonamides is 1. The molecule has 3 rings (SSSR count). The van der Waals surface area contributed by atoms with E-state index in [4.69, 9.17) is 0 Å². The first-order valence-electron chi connectivity index (χ1n) is 8.36. The van der Waals surface area contributed by atoms with Crippen molar-refractivity contribution in [3.63, 3.8) is 0 Å². The van der Waals surface area contributed by atoms with E-state index in [1.165, 1.54) is 0 Å². The van der Waals surface area contributed by atoms with Gasteiger partial charge in [-0.15, -0.1) is 0 Å². The van der Waals surface area contributed by atoms with E-state index in [0.29, 0.717) is 11.3 Å². The van der Waals surface area contributed by atoms with Gasteiger partial charge in [-0.3, -0.25) is 9.52 Å². The lowest BCUT2D eigenvalue weighted by atomic mass is 10.1. The molecule has 1 amide bonds. The summed E-state index contributed by atoms with van der Waals surface area (Å²) in [4.78, 5) is 14.4. The Balaban J connectivity index is 1.76. The topological polar surface area (TPSA) is 66.5 Å². The average molecular weight is 358 g/mol. The minimum Gasteiger partial charge on any atom is -0.339 e. The Kier molecular flexibility index (Phi) is 4.81. The maximum Gasteiger partial charge on any atom is 0.261 e. The van der Waals surface area contributed by atoms with Crippen LogP contribution in [0.5, 0.6) is 0 Å². The summed E-state index contributed by atoms with van der Waals surface area (Å²) in [7, 11) is -3.65. The number of hydrogen-bond donors (Lipinski definition) is 1. The smallest absolute Gasteiger partial charge is 0.261 e. The second-order valence-corrected chi connectivity index (χ2v) is 8.11. The average Bonchev–Trinajstić information content (AvgIpc) is 3.11. The number of likely N-dealkylation sites (tertiary alicyclic amines) is 1. The number of carbonyl (C=O) groups is 1. The molecule has 5 nitrogen and oxygen atoms in total. The van der Waals surface area contributed by atoms with Crippen molar-refractivity contribution in [2.24, 2.45) is 0 Å². The number of aryl methyl sites for hydroxylation is 2. The zero-order valence-electron chi connectivity index (χ0n) is 14.5. The molecule has 1 N–H and O–H groups in total. The van der Waals surface area contributed by atoms with Crippen molar-refractivity contribution in [2.75, 3.05) is 17.8 Å². The summed E-state index contributed by atoms with van der Waals surface area (Å²) in [5.41, 5.74) is 2.99. The summed E-state index contributed by atoms with van der Waals surface area (Å²) in [5.74, 6) is 0.000988. The van der Waals surface area contributed by atoms with Crippen molar-refractivity contribution in [1.82, 2.24) is 4.90 Å². The summed E-state index contributed by atoms with van der Waals surface area (Å²) in [6.45, 7) is 5.41. The van der Waals surface area contributed by atoms with Gasteiger partial charge in [0.05, 0.1) is 4.90 Å². The fraction of sp³-hybridized carbons (Fsp3) is 0.316. The van der Waals surface area contributed by atoms with Gasteiger partial charge in [-0.05, 0) is 74.2 Å². The summed E-state index contributed by atoms with van der Waals surface area (Å²) < 4.78 is 27.6. The zero-order valence-corrected chi connectivity index (χ0v) is 15.3. The van der Waals surface area contributed by atoms with E-state index < -0.39 is 10.0 Å². The van der Waals surface area contributed by atoms with Crippen LogP contribution in [0.3, 0.4) is 0 Å². The largest absolute Gasteiger partial charge is 0.339 e. The minimum absolute atomic E-state index is 0.000988. The van der Waals surface area contributed by atoms with Crippen molar-refractivity contribution < 1.29 is 13.2 Å². The maximum atomic E-state index is 12.5. The number of carbonyl (C=O) groups excluding carboxylic acids is 1. The molecule has 6 heteroatoms. The molecule has 1 aliphatic rings. The molecule has 1 fully saturated rings. The van der Waals surface area contributed by atoms with Crippen LogP contribution in [0.2, 0.25) is 0 Å². The molecule has 0 aromatic heterocycles. The number of amides is 1. The van der Waals surface area contributed by atoms with Gasteiger partial charge in [-0.25, -0.2) is 8.42 Å². The third-order valence-electron chi connectivity index (χ3n) is 4.57. The third-order valence-corrected chi connectivity index (χ3v) is 5.94. The number of hydrogen-bond acceptors (Lipinski definition) is 3. The van der Waals surface area contributed by atoms with Crippen LogP contribution in [0.4, 0.5) is 5.69 Å². The van der Waals surface area contributed by atoms with Crippen LogP contribution in [0.1, 0.15) is 34.3 Å². The van der Waals surface area contributed by atoms with Crippen molar-refractivity contribution in [2.45, 2.75) is 31.6 Å². The zero-order chi connectivity index (χ0) is 18.0. The van der Waals surface area contributed by atoms with Crippen molar-refractivity contribution in [3.05, 3.63) is 59.2 Å². The van der Waals surface area contributed by atoms with Crippen LogP contribution in [0.25, 0.3) is 0 Å². The van der Waals surface area contributed by atoms with Crippen LogP contribution in [0.15, 0.2) is 47.4 Å². The highest BCUT2D eigenvalue weighted by Gasteiger charge is 2.20. The van der Waals surface area contributed by atoms with E-state index in [-0.39, 0.29) is 10.8 Å². The predicted molar refractivity (Wildman–Crippen MR) is 98.3 cm³/mol. The molecule has 0 spiro atoms. The number of nitrogens with one attached hydrogen (secondary N) is 1. The van der Waals surface area contributed by atoms with Crippen LogP contribution >= 0.6 is 0 Å².